The summed E-state index contributed by atoms with van der Waals surface area (Å²) in [4.78, 5) is 10.7. The van der Waals surface area contributed by atoms with Crippen LogP contribution in [0.25, 0.3) is 0 Å². The summed E-state index contributed by atoms with van der Waals surface area (Å²) in [7, 11) is 0. The van der Waals surface area contributed by atoms with Crippen LogP contribution in [0, 0.1) is 0 Å². The molecule has 2 aromatic carbocycles. The fourth-order valence-corrected chi connectivity index (χ4v) is 1.89. The van der Waals surface area contributed by atoms with Crippen molar-refractivity contribution in [2.45, 2.75) is 13.0 Å². The van der Waals surface area contributed by atoms with Crippen LogP contribution in [0.15, 0.2) is 48.5 Å². The molecule has 0 fully saturated rings. The number of carboxylic acid groups (broad SMARTS) is 1. The third-order valence-corrected chi connectivity index (χ3v) is 3.06. The number of benzene rings is 2. The maximum absolute atomic E-state index is 10.7. The number of phenolic OH excluding ortho intramolecular Hbond substituents is 1. The lowest BCUT2D eigenvalue weighted by atomic mass is 10.1. The van der Waals surface area contributed by atoms with E-state index >= 15 is 0 Å². The summed E-state index contributed by atoms with van der Waals surface area (Å²) in [6.07, 6.45) is 0.882. The zero-order chi connectivity index (χ0) is 14.4. The molecule has 0 aliphatic heterocycles. The first-order valence-corrected chi connectivity index (χ1v) is 6.46. The van der Waals surface area contributed by atoms with Gasteiger partial charge >= 0.3 is 5.97 Å². The van der Waals surface area contributed by atoms with Crippen molar-refractivity contribution in [2.75, 3.05) is 6.54 Å². The molecular formula is C16H17NO3. The number of nitrogens with one attached hydrogen (secondary N) is 1. The Labute approximate surface area is 117 Å². The minimum absolute atomic E-state index is 0.278. The topological polar surface area (TPSA) is 69.6 Å². The van der Waals surface area contributed by atoms with Gasteiger partial charge in [0.25, 0.3) is 0 Å². The van der Waals surface area contributed by atoms with E-state index in [9.17, 15) is 9.90 Å². The van der Waals surface area contributed by atoms with Gasteiger partial charge in [-0.05, 0) is 48.4 Å². The molecule has 0 saturated carbocycles. The number of aromatic hydroxyl groups is 1. The minimum Gasteiger partial charge on any atom is -0.508 e. The van der Waals surface area contributed by atoms with E-state index in [1.807, 2.05) is 24.3 Å². The number of aromatic carboxylic acids is 1. The van der Waals surface area contributed by atoms with Crippen LogP contribution in [0.2, 0.25) is 0 Å². The van der Waals surface area contributed by atoms with E-state index < -0.39 is 5.97 Å². The standard InChI is InChI=1S/C16H17NO3/c18-15-7-3-12(4-8-15)9-10-17-11-13-1-5-14(6-2-13)16(19)20/h1-8,17-18H,9-11H2,(H,19,20). The van der Waals surface area contributed by atoms with E-state index in [1.54, 1.807) is 24.3 Å². The molecule has 0 saturated heterocycles. The lowest BCUT2D eigenvalue weighted by Crippen LogP contribution is -2.16. The van der Waals surface area contributed by atoms with Crippen LogP contribution in [0.3, 0.4) is 0 Å². The third kappa shape index (κ3) is 4.10. The second-order valence-corrected chi connectivity index (χ2v) is 4.60. The van der Waals surface area contributed by atoms with Gasteiger partial charge in [0.15, 0.2) is 0 Å². The normalized spacial score (nSPS) is 10.4. The molecule has 0 radical (unpaired) electrons. The smallest absolute Gasteiger partial charge is 0.335 e. The maximum atomic E-state index is 10.7. The van der Waals surface area contributed by atoms with Crippen molar-refractivity contribution < 1.29 is 15.0 Å². The predicted molar refractivity (Wildman–Crippen MR) is 76.9 cm³/mol. The first-order chi connectivity index (χ1) is 9.65. The summed E-state index contributed by atoms with van der Waals surface area (Å²) in [5.74, 6) is -0.628. The van der Waals surface area contributed by atoms with Crippen molar-refractivity contribution in [3.8, 4) is 5.75 Å². The average molecular weight is 271 g/mol. The zero-order valence-electron chi connectivity index (χ0n) is 11.0. The van der Waals surface area contributed by atoms with Crippen molar-refractivity contribution in [1.82, 2.24) is 5.32 Å². The lowest BCUT2D eigenvalue weighted by Gasteiger charge is -2.06. The van der Waals surface area contributed by atoms with Crippen LogP contribution >= 0.6 is 0 Å². The molecule has 2 aromatic rings. The van der Waals surface area contributed by atoms with E-state index in [0.717, 1.165) is 24.1 Å². The van der Waals surface area contributed by atoms with Gasteiger partial charge < -0.3 is 15.5 Å². The molecule has 0 aliphatic rings. The first kappa shape index (κ1) is 14.1. The summed E-state index contributed by atoms with van der Waals surface area (Å²) < 4.78 is 0. The van der Waals surface area contributed by atoms with Crippen molar-refractivity contribution >= 4 is 5.97 Å². The van der Waals surface area contributed by atoms with Gasteiger partial charge in [0.1, 0.15) is 5.75 Å². The van der Waals surface area contributed by atoms with Gasteiger partial charge in [-0.25, -0.2) is 4.79 Å². The van der Waals surface area contributed by atoms with Gasteiger partial charge in [0.2, 0.25) is 0 Å². The van der Waals surface area contributed by atoms with Crippen molar-refractivity contribution in [3.05, 3.63) is 65.2 Å². The van der Waals surface area contributed by atoms with Crippen LogP contribution in [0.5, 0.6) is 5.75 Å². The van der Waals surface area contributed by atoms with Crippen LogP contribution in [0.1, 0.15) is 21.5 Å². The Bertz CT molecular complexity index is 561. The Kier molecular flexibility index (Phi) is 4.74. The Balaban J connectivity index is 1.75. The Hall–Kier alpha value is -2.33. The molecule has 20 heavy (non-hydrogen) atoms. The SMILES string of the molecule is O=C(O)c1ccc(CNCCc2ccc(O)cc2)cc1. The van der Waals surface area contributed by atoms with E-state index in [2.05, 4.69) is 5.32 Å². The summed E-state index contributed by atoms with van der Waals surface area (Å²) >= 11 is 0. The monoisotopic (exact) mass is 271 g/mol. The second-order valence-electron chi connectivity index (χ2n) is 4.60. The Morgan fingerprint density at radius 2 is 1.55 bits per heavy atom. The van der Waals surface area contributed by atoms with E-state index in [4.69, 9.17) is 5.11 Å². The number of hydrogen-bond donors (Lipinski definition) is 3. The molecule has 4 nitrogen and oxygen atoms in total. The summed E-state index contributed by atoms with van der Waals surface area (Å²) in [6, 6.07) is 14.0. The molecule has 0 unspecified atom stereocenters. The summed E-state index contributed by atoms with van der Waals surface area (Å²) in [5.41, 5.74) is 2.52. The zero-order valence-corrected chi connectivity index (χ0v) is 11.0. The molecule has 0 aromatic heterocycles. The van der Waals surface area contributed by atoms with Gasteiger partial charge in [-0.1, -0.05) is 24.3 Å². The van der Waals surface area contributed by atoms with E-state index in [1.165, 1.54) is 0 Å². The van der Waals surface area contributed by atoms with Crippen LogP contribution in [-0.2, 0) is 13.0 Å². The molecule has 104 valence electrons. The molecule has 0 heterocycles. The second kappa shape index (κ2) is 6.73. The van der Waals surface area contributed by atoms with Gasteiger partial charge in [-0.2, -0.15) is 0 Å². The van der Waals surface area contributed by atoms with Crippen LogP contribution < -0.4 is 5.32 Å². The highest BCUT2D eigenvalue weighted by Gasteiger charge is 2.01. The number of phenols is 1. The van der Waals surface area contributed by atoms with Crippen molar-refractivity contribution in [2.24, 2.45) is 0 Å². The molecular weight excluding hydrogens is 254 g/mol. The fourth-order valence-electron chi connectivity index (χ4n) is 1.89. The molecule has 0 bridgehead atoms. The van der Waals surface area contributed by atoms with Crippen LogP contribution in [-0.4, -0.2) is 22.7 Å². The number of hydrogen-bond acceptors (Lipinski definition) is 3. The quantitative estimate of drug-likeness (QED) is 0.706. The number of carbonyl (C=O) groups is 1. The molecule has 0 aliphatic carbocycles. The third-order valence-electron chi connectivity index (χ3n) is 3.06. The molecule has 3 N–H and O–H groups in total. The molecule has 2 rings (SSSR count). The minimum atomic E-state index is -0.906. The van der Waals surface area contributed by atoms with Crippen LogP contribution in [0.4, 0.5) is 0 Å². The Morgan fingerprint density at radius 3 is 2.15 bits per heavy atom. The van der Waals surface area contributed by atoms with E-state index in [0.29, 0.717) is 12.1 Å². The molecule has 0 atom stereocenters. The average Bonchev–Trinajstić information content (AvgIpc) is 2.46. The predicted octanol–water partition coefficient (Wildman–Crippen LogP) is 2.42. The van der Waals surface area contributed by atoms with Gasteiger partial charge in [0.05, 0.1) is 5.56 Å². The number of carboxylic acids is 1. The summed E-state index contributed by atoms with van der Waals surface area (Å²) in [5, 5.41) is 21.3. The highest BCUT2D eigenvalue weighted by Crippen LogP contribution is 2.09. The van der Waals surface area contributed by atoms with Crippen molar-refractivity contribution in [1.29, 1.82) is 0 Å². The maximum Gasteiger partial charge on any atom is 0.335 e. The van der Waals surface area contributed by atoms with Gasteiger partial charge in [-0.3, -0.25) is 0 Å². The molecule has 0 amide bonds. The molecule has 4 heteroatoms. The largest absolute Gasteiger partial charge is 0.508 e. The Morgan fingerprint density at radius 1 is 0.950 bits per heavy atom. The highest BCUT2D eigenvalue weighted by molar-refractivity contribution is 5.87. The summed E-state index contributed by atoms with van der Waals surface area (Å²) in [6.45, 7) is 1.53. The van der Waals surface area contributed by atoms with Gasteiger partial charge in [-0.15, -0.1) is 0 Å². The van der Waals surface area contributed by atoms with E-state index in [-0.39, 0.29) is 5.75 Å². The first-order valence-electron chi connectivity index (χ1n) is 6.46. The highest BCUT2D eigenvalue weighted by atomic mass is 16.4. The van der Waals surface area contributed by atoms with Crippen molar-refractivity contribution in [3.63, 3.8) is 0 Å². The van der Waals surface area contributed by atoms with Gasteiger partial charge in [0, 0.05) is 6.54 Å². The lowest BCUT2D eigenvalue weighted by molar-refractivity contribution is 0.0697. The fraction of sp³-hybridized carbons (Fsp3) is 0.188. The number of rotatable bonds is 6. The molecule has 0 spiro atoms.